The highest BCUT2D eigenvalue weighted by Crippen LogP contribution is 2.34. The number of hydrogen-bond donors (Lipinski definition) is 0. The summed E-state index contributed by atoms with van der Waals surface area (Å²) in [6, 6.07) is 1.79. The molecule has 1 aromatic heterocycles. The van der Waals surface area contributed by atoms with Crippen LogP contribution in [0.3, 0.4) is 0 Å². The van der Waals surface area contributed by atoms with E-state index >= 15 is 0 Å². The third kappa shape index (κ3) is 3.79. The van der Waals surface area contributed by atoms with Gasteiger partial charge in [0.25, 0.3) is 5.91 Å². The van der Waals surface area contributed by atoms with E-state index < -0.39 is 0 Å². The van der Waals surface area contributed by atoms with Gasteiger partial charge in [-0.25, -0.2) is 4.98 Å². The van der Waals surface area contributed by atoms with E-state index in [4.69, 9.17) is 11.6 Å². The number of rotatable bonds is 2. The van der Waals surface area contributed by atoms with Crippen molar-refractivity contribution in [2.24, 2.45) is 5.41 Å². The Kier molecular flexibility index (Phi) is 4.81. The number of aromatic nitrogens is 1. The molecule has 0 bridgehead atoms. The van der Waals surface area contributed by atoms with E-state index in [9.17, 15) is 4.79 Å². The monoisotopic (exact) mass is 335 g/mol. The van der Waals surface area contributed by atoms with Crippen molar-refractivity contribution in [2.75, 3.05) is 31.1 Å². The van der Waals surface area contributed by atoms with Crippen LogP contribution in [0.25, 0.3) is 0 Å². The molecule has 3 rings (SSSR count). The number of hydrogen-bond acceptors (Lipinski definition) is 3. The quantitative estimate of drug-likeness (QED) is 0.820. The molecule has 0 aromatic carbocycles. The summed E-state index contributed by atoms with van der Waals surface area (Å²) in [5.41, 5.74) is 0.892. The van der Waals surface area contributed by atoms with Crippen LogP contribution in [0.5, 0.6) is 0 Å². The van der Waals surface area contributed by atoms with Crippen LogP contribution >= 0.6 is 11.6 Å². The van der Waals surface area contributed by atoms with Crippen LogP contribution in [-0.2, 0) is 0 Å². The van der Waals surface area contributed by atoms with E-state index in [2.05, 4.69) is 23.7 Å². The van der Waals surface area contributed by atoms with E-state index in [1.807, 2.05) is 4.90 Å². The number of carbonyl (C=O) groups excluding carboxylic acids is 1. The van der Waals surface area contributed by atoms with Gasteiger partial charge in [-0.2, -0.15) is 0 Å². The Labute approximate surface area is 143 Å². The number of piperidine rings is 2. The zero-order valence-corrected chi connectivity index (χ0v) is 14.9. The summed E-state index contributed by atoms with van der Waals surface area (Å²) in [7, 11) is 0. The number of carbonyl (C=O) groups is 1. The highest BCUT2D eigenvalue weighted by atomic mass is 35.5. The van der Waals surface area contributed by atoms with Gasteiger partial charge in [-0.05, 0) is 43.6 Å². The first-order valence-corrected chi connectivity index (χ1v) is 9.04. The zero-order valence-electron chi connectivity index (χ0n) is 14.1. The Morgan fingerprint density at radius 1 is 1.17 bits per heavy atom. The minimum absolute atomic E-state index is 0.0598. The molecule has 0 radical (unpaired) electrons. The average Bonchev–Trinajstić information content (AvgIpc) is 2.54. The topological polar surface area (TPSA) is 36.4 Å². The summed E-state index contributed by atoms with van der Waals surface area (Å²) in [4.78, 5) is 21.3. The van der Waals surface area contributed by atoms with Crippen LogP contribution in [-0.4, -0.2) is 42.0 Å². The van der Waals surface area contributed by atoms with E-state index in [0.717, 1.165) is 51.3 Å². The van der Waals surface area contributed by atoms with Crippen molar-refractivity contribution in [1.82, 2.24) is 9.88 Å². The molecule has 0 atom stereocenters. The molecule has 2 aliphatic rings. The summed E-state index contributed by atoms with van der Waals surface area (Å²) >= 11 is 6.46. The smallest absolute Gasteiger partial charge is 0.255 e. The van der Waals surface area contributed by atoms with Gasteiger partial charge in [0.15, 0.2) is 0 Å². The Hall–Kier alpha value is -1.29. The predicted molar refractivity (Wildman–Crippen MR) is 94.2 cm³/mol. The van der Waals surface area contributed by atoms with Crippen molar-refractivity contribution < 1.29 is 4.79 Å². The highest BCUT2D eigenvalue weighted by molar-refractivity contribution is 6.33. The summed E-state index contributed by atoms with van der Waals surface area (Å²) in [5, 5.41) is 0.588. The van der Waals surface area contributed by atoms with Gasteiger partial charge in [0.1, 0.15) is 5.82 Å². The SMILES string of the molecule is CC1(C)CCCN(c2ncc(C(=O)N3CCCCC3)cc2Cl)C1. The lowest BCUT2D eigenvalue weighted by Crippen LogP contribution is -2.40. The molecule has 5 heteroatoms. The molecule has 23 heavy (non-hydrogen) atoms. The van der Waals surface area contributed by atoms with Crippen LogP contribution in [0.1, 0.15) is 56.3 Å². The normalized spacial score (nSPS) is 21.3. The number of nitrogens with zero attached hydrogens (tertiary/aromatic N) is 3. The molecular formula is C18H26ClN3O. The van der Waals surface area contributed by atoms with Crippen LogP contribution < -0.4 is 4.90 Å². The molecule has 2 fully saturated rings. The molecule has 4 nitrogen and oxygen atoms in total. The van der Waals surface area contributed by atoms with Crippen molar-refractivity contribution in [3.8, 4) is 0 Å². The number of pyridine rings is 1. The fraction of sp³-hybridized carbons (Fsp3) is 0.667. The largest absolute Gasteiger partial charge is 0.355 e. The van der Waals surface area contributed by atoms with Crippen molar-refractivity contribution in [2.45, 2.75) is 46.0 Å². The highest BCUT2D eigenvalue weighted by Gasteiger charge is 2.28. The lowest BCUT2D eigenvalue weighted by atomic mass is 9.84. The molecule has 126 valence electrons. The third-order valence-electron chi connectivity index (χ3n) is 4.91. The maximum Gasteiger partial charge on any atom is 0.255 e. The molecular weight excluding hydrogens is 310 g/mol. The molecule has 1 amide bonds. The Bertz CT molecular complexity index is 582. The first kappa shape index (κ1) is 16.6. The van der Waals surface area contributed by atoms with Gasteiger partial charge in [-0.3, -0.25) is 4.79 Å². The molecule has 0 aliphatic carbocycles. The molecule has 3 heterocycles. The second kappa shape index (κ2) is 6.68. The molecule has 2 aliphatic heterocycles. The van der Waals surface area contributed by atoms with Crippen molar-refractivity contribution in [3.63, 3.8) is 0 Å². The lowest BCUT2D eigenvalue weighted by molar-refractivity contribution is 0.0724. The molecule has 0 unspecified atom stereocenters. The molecule has 2 saturated heterocycles. The van der Waals surface area contributed by atoms with Gasteiger partial charge >= 0.3 is 0 Å². The summed E-state index contributed by atoms with van der Waals surface area (Å²) in [6.07, 6.45) is 7.47. The van der Waals surface area contributed by atoms with E-state index in [0.29, 0.717) is 10.6 Å². The van der Waals surface area contributed by atoms with Crippen LogP contribution in [0.2, 0.25) is 5.02 Å². The number of anilines is 1. The van der Waals surface area contributed by atoms with Gasteiger partial charge < -0.3 is 9.80 Å². The maximum atomic E-state index is 12.6. The fourth-order valence-corrected chi connectivity index (χ4v) is 3.95. The summed E-state index contributed by atoms with van der Waals surface area (Å²) in [5.74, 6) is 0.874. The Balaban J connectivity index is 1.76. The van der Waals surface area contributed by atoms with Gasteiger partial charge in [0, 0.05) is 32.4 Å². The third-order valence-corrected chi connectivity index (χ3v) is 5.19. The predicted octanol–water partition coefficient (Wildman–Crippen LogP) is 3.99. The van der Waals surface area contributed by atoms with E-state index in [1.54, 1.807) is 12.3 Å². The van der Waals surface area contributed by atoms with Gasteiger partial charge in [0.05, 0.1) is 10.6 Å². The average molecular weight is 336 g/mol. The zero-order chi connectivity index (χ0) is 16.4. The van der Waals surface area contributed by atoms with Crippen molar-refractivity contribution in [3.05, 3.63) is 22.8 Å². The van der Waals surface area contributed by atoms with Gasteiger partial charge in [0.2, 0.25) is 0 Å². The second-order valence-corrected chi connectivity index (χ2v) is 7.98. The van der Waals surface area contributed by atoms with Crippen molar-refractivity contribution >= 4 is 23.3 Å². The fourth-order valence-electron chi connectivity index (χ4n) is 3.66. The molecule has 1 aromatic rings. The number of halogens is 1. The first-order chi connectivity index (χ1) is 11.0. The number of amides is 1. The van der Waals surface area contributed by atoms with Crippen molar-refractivity contribution in [1.29, 1.82) is 0 Å². The maximum absolute atomic E-state index is 12.6. The molecule has 0 N–H and O–H groups in total. The second-order valence-electron chi connectivity index (χ2n) is 7.57. The number of likely N-dealkylation sites (tertiary alicyclic amines) is 1. The molecule has 0 spiro atoms. The summed E-state index contributed by atoms with van der Waals surface area (Å²) in [6.45, 7) is 8.19. The Morgan fingerprint density at radius 3 is 2.57 bits per heavy atom. The van der Waals surface area contributed by atoms with Gasteiger partial charge in [-0.1, -0.05) is 25.4 Å². The minimum atomic E-state index is 0.0598. The van der Waals surface area contributed by atoms with Crippen LogP contribution in [0.15, 0.2) is 12.3 Å². The lowest BCUT2D eigenvalue weighted by Gasteiger charge is -2.39. The van der Waals surface area contributed by atoms with Crippen LogP contribution in [0.4, 0.5) is 5.82 Å². The van der Waals surface area contributed by atoms with E-state index in [1.165, 1.54) is 12.8 Å². The standard InChI is InChI=1S/C18H26ClN3O/c1-18(2)7-6-10-22(13-18)16-15(19)11-14(12-20-16)17(23)21-8-4-3-5-9-21/h11-12H,3-10,13H2,1-2H3. The van der Waals surface area contributed by atoms with E-state index in [-0.39, 0.29) is 11.3 Å². The summed E-state index contributed by atoms with van der Waals surface area (Å²) < 4.78 is 0. The van der Waals surface area contributed by atoms with Crippen LogP contribution in [0, 0.1) is 5.41 Å². The van der Waals surface area contributed by atoms with Gasteiger partial charge in [-0.15, -0.1) is 0 Å². The molecule has 0 saturated carbocycles. The first-order valence-electron chi connectivity index (χ1n) is 8.66. The minimum Gasteiger partial charge on any atom is -0.355 e. The Morgan fingerprint density at radius 2 is 1.91 bits per heavy atom.